The molecule has 7 aromatic carbocycles. The van der Waals surface area contributed by atoms with Crippen molar-refractivity contribution in [2.75, 3.05) is 4.90 Å². The monoisotopic (exact) mass is 785 g/mol. The molecule has 2 aromatic heterocycles. The van der Waals surface area contributed by atoms with E-state index in [1.807, 2.05) is 11.3 Å². The highest BCUT2D eigenvalue weighted by atomic mass is 32.1. The first-order chi connectivity index (χ1) is 28.0. The number of furan rings is 1. The molecule has 0 fully saturated rings. The normalized spacial score (nSPS) is 15.2. The van der Waals surface area contributed by atoms with Crippen LogP contribution in [0.4, 0.5) is 17.1 Å². The SMILES string of the molecule is CC(C)(C)c1cc(C(C)(C)C)c2sc3cc4c(cc3c2c1)-c1c(N(c2ccc3c(c2)C(C)(C)c2ccccc2-3)c2ccc3c(c2)oc2ccccc23)cccc1C4(C)C. The maximum Gasteiger partial charge on any atom is 0.137 e. The molecular formula is C56H51NOS. The Morgan fingerprint density at radius 2 is 1.15 bits per heavy atom. The number of hydrogen-bond donors (Lipinski definition) is 0. The molecule has 59 heavy (non-hydrogen) atoms. The Balaban J connectivity index is 1.19. The maximum absolute atomic E-state index is 6.57. The van der Waals surface area contributed by atoms with Gasteiger partial charge in [-0.15, -0.1) is 11.3 Å². The molecule has 0 unspecified atom stereocenters. The van der Waals surface area contributed by atoms with Gasteiger partial charge in [-0.1, -0.05) is 136 Å². The third kappa shape index (κ3) is 5.16. The van der Waals surface area contributed by atoms with Crippen LogP contribution in [0.25, 0.3) is 64.4 Å². The van der Waals surface area contributed by atoms with E-state index < -0.39 is 0 Å². The number of thiophene rings is 1. The Labute approximate surface area is 352 Å². The highest BCUT2D eigenvalue weighted by molar-refractivity contribution is 7.26. The standard InChI is InChI=1S/C56H51NOS/c1-53(2,3)32-26-40-39-30-41-45(31-50(39)59-52(40)46(27-32)54(4,5)6)56(9,10)43-19-15-20-47(51(41)43)57(34-23-25-38-37-17-12-14-21-48(37)58-49(38)29-34)33-22-24-36-35-16-11-13-18-42(35)55(7,8)44(36)28-33/h11-31H,1-10H3. The predicted octanol–water partition coefficient (Wildman–Crippen LogP) is 16.6. The van der Waals surface area contributed by atoms with Crippen molar-refractivity contribution in [2.45, 2.75) is 90.9 Å². The van der Waals surface area contributed by atoms with Gasteiger partial charge < -0.3 is 9.32 Å². The molecule has 0 spiro atoms. The van der Waals surface area contributed by atoms with Crippen LogP contribution in [0.5, 0.6) is 0 Å². The van der Waals surface area contributed by atoms with E-state index in [2.05, 4.69) is 202 Å². The summed E-state index contributed by atoms with van der Waals surface area (Å²) in [7, 11) is 0. The molecule has 0 N–H and O–H groups in total. The van der Waals surface area contributed by atoms with E-state index in [-0.39, 0.29) is 21.7 Å². The van der Waals surface area contributed by atoms with E-state index >= 15 is 0 Å². The van der Waals surface area contributed by atoms with E-state index in [0.29, 0.717) is 0 Å². The Bertz CT molecular complexity index is 3240. The molecule has 0 amide bonds. The summed E-state index contributed by atoms with van der Waals surface area (Å²) in [5, 5.41) is 5.01. The van der Waals surface area contributed by atoms with E-state index in [0.717, 1.165) is 33.3 Å². The van der Waals surface area contributed by atoms with Crippen LogP contribution in [-0.2, 0) is 21.7 Å². The van der Waals surface area contributed by atoms with Crippen molar-refractivity contribution < 1.29 is 4.42 Å². The zero-order valence-electron chi connectivity index (χ0n) is 35.9. The number of benzene rings is 7. The van der Waals surface area contributed by atoms with Crippen LogP contribution in [-0.4, -0.2) is 0 Å². The minimum absolute atomic E-state index is 0.0232. The van der Waals surface area contributed by atoms with Crippen molar-refractivity contribution in [3.8, 4) is 22.3 Å². The van der Waals surface area contributed by atoms with E-state index in [4.69, 9.17) is 4.42 Å². The summed E-state index contributed by atoms with van der Waals surface area (Å²) < 4.78 is 9.35. The minimum Gasteiger partial charge on any atom is -0.456 e. The van der Waals surface area contributed by atoms with Crippen LogP contribution in [0.2, 0.25) is 0 Å². The fraction of sp³-hybridized carbons (Fsp3) is 0.250. The molecule has 0 radical (unpaired) electrons. The smallest absolute Gasteiger partial charge is 0.137 e. The van der Waals surface area contributed by atoms with Crippen LogP contribution in [0.15, 0.2) is 132 Å². The number of anilines is 3. The van der Waals surface area contributed by atoms with Gasteiger partial charge >= 0.3 is 0 Å². The molecule has 0 saturated carbocycles. The number of nitrogens with zero attached hydrogens (tertiary/aromatic N) is 1. The van der Waals surface area contributed by atoms with Crippen molar-refractivity contribution in [1.82, 2.24) is 0 Å². The van der Waals surface area contributed by atoms with Gasteiger partial charge in [0.25, 0.3) is 0 Å². The van der Waals surface area contributed by atoms with Gasteiger partial charge in [0, 0.05) is 64.8 Å². The number of para-hydroxylation sites is 1. The molecule has 3 heteroatoms. The Kier molecular flexibility index (Phi) is 7.40. The summed E-state index contributed by atoms with van der Waals surface area (Å²) in [6.07, 6.45) is 0. The van der Waals surface area contributed by atoms with Gasteiger partial charge in [0.2, 0.25) is 0 Å². The van der Waals surface area contributed by atoms with Gasteiger partial charge in [0.1, 0.15) is 11.2 Å². The van der Waals surface area contributed by atoms with E-state index in [1.54, 1.807) is 0 Å². The Morgan fingerprint density at radius 3 is 1.95 bits per heavy atom. The lowest BCUT2D eigenvalue weighted by atomic mass is 9.79. The maximum atomic E-state index is 6.57. The van der Waals surface area contributed by atoms with Gasteiger partial charge in [0.15, 0.2) is 0 Å². The molecule has 11 rings (SSSR count). The quantitative estimate of drug-likeness (QED) is 0.177. The predicted molar refractivity (Wildman–Crippen MR) is 254 cm³/mol. The van der Waals surface area contributed by atoms with Crippen molar-refractivity contribution in [2.24, 2.45) is 0 Å². The van der Waals surface area contributed by atoms with Crippen LogP contribution in [0.3, 0.4) is 0 Å². The third-order valence-electron chi connectivity index (χ3n) is 13.7. The zero-order chi connectivity index (χ0) is 41.0. The van der Waals surface area contributed by atoms with Crippen molar-refractivity contribution in [3.63, 3.8) is 0 Å². The molecule has 9 aromatic rings. The number of hydrogen-bond acceptors (Lipinski definition) is 3. The molecule has 0 atom stereocenters. The number of fused-ring (bicyclic) bond motifs is 12. The Hall–Kier alpha value is -5.64. The molecule has 2 heterocycles. The summed E-state index contributed by atoms with van der Waals surface area (Å²) in [5.41, 5.74) is 18.6. The van der Waals surface area contributed by atoms with Crippen molar-refractivity contribution in [3.05, 3.63) is 161 Å². The van der Waals surface area contributed by atoms with Crippen LogP contribution < -0.4 is 4.90 Å². The van der Waals surface area contributed by atoms with Crippen LogP contribution in [0.1, 0.15) is 103 Å². The Morgan fingerprint density at radius 1 is 0.492 bits per heavy atom. The molecule has 0 bridgehead atoms. The van der Waals surface area contributed by atoms with E-state index in [1.165, 1.54) is 81.5 Å². The fourth-order valence-corrected chi connectivity index (χ4v) is 11.9. The summed E-state index contributed by atoms with van der Waals surface area (Å²) in [6, 6.07) is 48.2. The minimum atomic E-state index is -0.190. The summed E-state index contributed by atoms with van der Waals surface area (Å²) in [4.78, 5) is 2.50. The second kappa shape index (κ2) is 12.0. The zero-order valence-corrected chi connectivity index (χ0v) is 36.7. The van der Waals surface area contributed by atoms with Gasteiger partial charge in [-0.05, 0) is 115 Å². The van der Waals surface area contributed by atoms with Gasteiger partial charge in [-0.25, -0.2) is 0 Å². The molecule has 2 aliphatic carbocycles. The molecule has 0 saturated heterocycles. The third-order valence-corrected chi connectivity index (χ3v) is 14.9. The first kappa shape index (κ1) is 36.4. The molecular weight excluding hydrogens is 735 g/mol. The van der Waals surface area contributed by atoms with Crippen LogP contribution >= 0.6 is 11.3 Å². The van der Waals surface area contributed by atoms with Crippen molar-refractivity contribution in [1.29, 1.82) is 0 Å². The molecule has 292 valence electrons. The summed E-state index contributed by atoms with van der Waals surface area (Å²) in [6.45, 7) is 23.7. The average molecular weight is 786 g/mol. The highest BCUT2D eigenvalue weighted by Gasteiger charge is 2.40. The van der Waals surface area contributed by atoms with Crippen molar-refractivity contribution >= 4 is 70.5 Å². The average Bonchev–Trinajstić information content (AvgIpc) is 3.88. The largest absolute Gasteiger partial charge is 0.456 e. The molecule has 2 aliphatic rings. The highest BCUT2D eigenvalue weighted by Crippen LogP contribution is 2.58. The fourth-order valence-electron chi connectivity index (χ4n) is 10.4. The number of rotatable bonds is 3. The summed E-state index contributed by atoms with van der Waals surface area (Å²) in [5.74, 6) is 0. The van der Waals surface area contributed by atoms with E-state index in [9.17, 15) is 0 Å². The second-order valence-electron chi connectivity index (χ2n) is 20.2. The summed E-state index contributed by atoms with van der Waals surface area (Å²) >= 11 is 1.97. The lowest BCUT2D eigenvalue weighted by molar-refractivity contribution is 0.573. The first-order valence-corrected chi connectivity index (χ1v) is 22.0. The first-order valence-electron chi connectivity index (χ1n) is 21.2. The lowest BCUT2D eigenvalue weighted by Gasteiger charge is -2.30. The molecule has 0 aliphatic heterocycles. The second-order valence-corrected chi connectivity index (χ2v) is 21.3. The van der Waals surface area contributed by atoms with Crippen LogP contribution in [0, 0.1) is 0 Å². The van der Waals surface area contributed by atoms with Gasteiger partial charge in [0.05, 0.1) is 5.69 Å². The van der Waals surface area contributed by atoms with Gasteiger partial charge in [-0.2, -0.15) is 0 Å². The lowest BCUT2D eigenvalue weighted by Crippen LogP contribution is -2.17. The molecule has 2 nitrogen and oxygen atoms in total. The topological polar surface area (TPSA) is 16.4 Å². The van der Waals surface area contributed by atoms with Gasteiger partial charge in [-0.3, -0.25) is 0 Å².